The average molecular weight is 303 g/mol. The molecule has 2 amide bonds. The van der Waals surface area contributed by atoms with Crippen LogP contribution < -0.4 is 15.5 Å². The van der Waals surface area contributed by atoms with Crippen LogP contribution in [0.3, 0.4) is 0 Å². The smallest absolute Gasteiger partial charge is 0.227 e. The summed E-state index contributed by atoms with van der Waals surface area (Å²) in [6.45, 7) is 8.78. The zero-order valence-electron chi connectivity index (χ0n) is 13.6. The van der Waals surface area contributed by atoms with Crippen molar-refractivity contribution in [3.8, 4) is 0 Å². The third-order valence-corrected chi connectivity index (χ3v) is 4.21. The summed E-state index contributed by atoms with van der Waals surface area (Å²) < 4.78 is 0. The van der Waals surface area contributed by atoms with Crippen LogP contribution >= 0.6 is 0 Å². The number of hydrogen-bond acceptors (Lipinski definition) is 3. The fourth-order valence-electron chi connectivity index (χ4n) is 2.74. The van der Waals surface area contributed by atoms with E-state index in [-0.39, 0.29) is 17.7 Å². The molecule has 1 aromatic carbocycles. The van der Waals surface area contributed by atoms with Gasteiger partial charge in [0.2, 0.25) is 11.8 Å². The highest BCUT2D eigenvalue weighted by atomic mass is 16.2. The fraction of sp³-hybridized carbons (Fsp3) is 0.529. The molecule has 1 aliphatic rings. The van der Waals surface area contributed by atoms with Crippen molar-refractivity contribution < 1.29 is 9.59 Å². The first-order valence-electron chi connectivity index (χ1n) is 7.89. The molecule has 2 rings (SSSR count). The van der Waals surface area contributed by atoms with Gasteiger partial charge in [0.15, 0.2) is 0 Å². The number of nitrogens with one attached hydrogen (secondary N) is 2. The molecule has 1 fully saturated rings. The first-order chi connectivity index (χ1) is 10.5. The van der Waals surface area contributed by atoms with Crippen molar-refractivity contribution in [2.75, 3.05) is 31.1 Å². The molecular weight excluding hydrogens is 278 g/mol. The SMILES string of the molecule is CCNCCNC(=O)C1CC(=O)N(c2cccc(C)c2C)C1. The third kappa shape index (κ3) is 3.65. The van der Waals surface area contributed by atoms with Gasteiger partial charge in [-0.15, -0.1) is 0 Å². The van der Waals surface area contributed by atoms with Crippen molar-refractivity contribution >= 4 is 17.5 Å². The second-order valence-corrected chi connectivity index (χ2v) is 5.77. The minimum atomic E-state index is -0.256. The summed E-state index contributed by atoms with van der Waals surface area (Å²) in [5.74, 6) is -0.256. The zero-order valence-corrected chi connectivity index (χ0v) is 13.6. The summed E-state index contributed by atoms with van der Waals surface area (Å²) in [4.78, 5) is 26.2. The molecule has 1 aliphatic heterocycles. The van der Waals surface area contributed by atoms with Gasteiger partial charge in [-0.25, -0.2) is 0 Å². The zero-order chi connectivity index (χ0) is 16.1. The van der Waals surface area contributed by atoms with Gasteiger partial charge < -0.3 is 15.5 Å². The van der Waals surface area contributed by atoms with Crippen molar-refractivity contribution in [1.29, 1.82) is 0 Å². The lowest BCUT2D eigenvalue weighted by Gasteiger charge is -2.20. The molecule has 0 radical (unpaired) electrons. The Morgan fingerprint density at radius 2 is 2.09 bits per heavy atom. The minimum Gasteiger partial charge on any atom is -0.355 e. The largest absolute Gasteiger partial charge is 0.355 e. The maximum absolute atomic E-state index is 12.3. The number of carbonyl (C=O) groups excluding carboxylic acids is 2. The lowest BCUT2D eigenvalue weighted by molar-refractivity contribution is -0.126. The summed E-state index contributed by atoms with van der Waals surface area (Å²) in [6.07, 6.45) is 0.292. The number of aryl methyl sites for hydroxylation is 1. The van der Waals surface area contributed by atoms with Crippen molar-refractivity contribution in [1.82, 2.24) is 10.6 Å². The van der Waals surface area contributed by atoms with E-state index in [1.807, 2.05) is 39.0 Å². The Hall–Kier alpha value is -1.88. The molecule has 1 unspecified atom stereocenters. The number of amides is 2. The normalized spacial score (nSPS) is 17.9. The number of likely N-dealkylation sites (N-methyl/N-ethyl adjacent to an activating group) is 1. The van der Waals surface area contributed by atoms with Gasteiger partial charge in [0.05, 0.1) is 5.92 Å². The molecule has 0 saturated carbocycles. The van der Waals surface area contributed by atoms with Crippen molar-refractivity contribution in [2.45, 2.75) is 27.2 Å². The summed E-state index contributed by atoms with van der Waals surface area (Å²) in [6, 6.07) is 5.94. The van der Waals surface area contributed by atoms with Crippen LogP contribution in [0.1, 0.15) is 24.5 Å². The van der Waals surface area contributed by atoms with Crippen molar-refractivity contribution in [3.63, 3.8) is 0 Å². The number of anilines is 1. The standard InChI is InChI=1S/C17H25N3O2/c1-4-18-8-9-19-17(22)14-10-16(21)20(11-14)15-7-5-6-12(2)13(15)3/h5-7,14,18H,4,8-11H2,1-3H3,(H,19,22). The van der Waals surface area contributed by atoms with E-state index in [0.717, 1.165) is 29.9 Å². The predicted molar refractivity (Wildman–Crippen MR) is 87.9 cm³/mol. The first kappa shape index (κ1) is 16.5. The molecular formula is C17H25N3O2. The molecule has 120 valence electrons. The van der Waals surface area contributed by atoms with E-state index in [9.17, 15) is 9.59 Å². The number of hydrogen-bond donors (Lipinski definition) is 2. The van der Waals surface area contributed by atoms with Gasteiger partial charge in [-0.2, -0.15) is 0 Å². The summed E-state index contributed by atoms with van der Waals surface area (Å²) >= 11 is 0. The van der Waals surface area contributed by atoms with Crippen LogP contribution in [0.4, 0.5) is 5.69 Å². The third-order valence-electron chi connectivity index (χ3n) is 4.21. The van der Waals surface area contributed by atoms with Gasteiger partial charge in [0.1, 0.15) is 0 Å². The molecule has 5 heteroatoms. The minimum absolute atomic E-state index is 0.0283. The molecule has 2 N–H and O–H groups in total. The summed E-state index contributed by atoms with van der Waals surface area (Å²) in [7, 11) is 0. The highest BCUT2D eigenvalue weighted by Gasteiger charge is 2.35. The molecule has 0 bridgehead atoms. The van der Waals surface area contributed by atoms with Gasteiger partial charge in [0.25, 0.3) is 0 Å². The lowest BCUT2D eigenvalue weighted by Crippen LogP contribution is -2.37. The Bertz CT molecular complexity index is 557. The molecule has 1 saturated heterocycles. The van der Waals surface area contributed by atoms with Crippen LogP contribution in [0.15, 0.2) is 18.2 Å². The van der Waals surface area contributed by atoms with Crippen LogP contribution in [0.5, 0.6) is 0 Å². The van der Waals surface area contributed by atoms with Crippen molar-refractivity contribution in [2.24, 2.45) is 5.92 Å². The quantitative estimate of drug-likeness (QED) is 0.781. The van der Waals surface area contributed by atoms with Gasteiger partial charge in [-0.1, -0.05) is 19.1 Å². The molecule has 1 atom stereocenters. The fourth-order valence-corrected chi connectivity index (χ4v) is 2.74. The van der Waals surface area contributed by atoms with Crippen LogP contribution in [0.25, 0.3) is 0 Å². The van der Waals surface area contributed by atoms with Gasteiger partial charge in [-0.3, -0.25) is 9.59 Å². The van der Waals surface area contributed by atoms with Crippen LogP contribution in [-0.2, 0) is 9.59 Å². The predicted octanol–water partition coefficient (Wildman–Crippen LogP) is 1.38. The first-order valence-corrected chi connectivity index (χ1v) is 7.89. The van der Waals surface area contributed by atoms with E-state index in [0.29, 0.717) is 19.5 Å². The van der Waals surface area contributed by atoms with Gasteiger partial charge in [-0.05, 0) is 37.6 Å². The maximum atomic E-state index is 12.3. The Kier molecular flexibility index (Phi) is 5.55. The lowest BCUT2D eigenvalue weighted by atomic mass is 10.1. The second-order valence-electron chi connectivity index (χ2n) is 5.77. The Morgan fingerprint density at radius 3 is 2.82 bits per heavy atom. The monoisotopic (exact) mass is 303 g/mol. The molecule has 0 aromatic heterocycles. The number of carbonyl (C=O) groups is 2. The van der Waals surface area contributed by atoms with Crippen molar-refractivity contribution in [3.05, 3.63) is 29.3 Å². The highest BCUT2D eigenvalue weighted by molar-refractivity contribution is 6.00. The molecule has 1 aromatic rings. The summed E-state index contributed by atoms with van der Waals surface area (Å²) in [5.41, 5.74) is 3.18. The van der Waals surface area contributed by atoms with E-state index in [2.05, 4.69) is 10.6 Å². The van der Waals surface area contributed by atoms with Crippen LogP contribution in [-0.4, -0.2) is 38.0 Å². The Balaban J connectivity index is 1.98. The summed E-state index contributed by atoms with van der Waals surface area (Å²) in [5, 5.41) is 6.06. The second kappa shape index (κ2) is 7.40. The number of rotatable bonds is 6. The van der Waals surface area contributed by atoms with E-state index in [1.54, 1.807) is 4.90 Å². The molecule has 5 nitrogen and oxygen atoms in total. The van der Waals surface area contributed by atoms with Crippen LogP contribution in [0.2, 0.25) is 0 Å². The van der Waals surface area contributed by atoms with Crippen LogP contribution in [0, 0.1) is 19.8 Å². The van der Waals surface area contributed by atoms with E-state index >= 15 is 0 Å². The molecule has 0 spiro atoms. The highest BCUT2D eigenvalue weighted by Crippen LogP contribution is 2.29. The Labute approximate surface area is 132 Å². The van der Waals surface area contributed by atoms with E-state index in [4.69, 9.17) is 0 Å². The number of nitrogens with zero attached hydrogens (tertiary/aromatic N) is 1. The van der Waals surface area contributed by atoms with E-state index in [1.165, 1.54) is 0 Å². The van der Waals surface area contributed by atoms with Gasteiger partial charge >= 0.3 is 0 Å². The number of benzene rings is 1. The molecule has 1 heterocycles. The maximum Gasteiger partial charge on any atom is 0.227 e. The average Bonchev–Trinajstić information content (AvgIpc) is 2.88. The molecule has 22 heavy (non-hydrogen) atoms. The van der Waals surface area contributed by atoms with E-state index < -0.39 is 0 Å². The Morgan fingerprint density at radius 1 is 1.32 bits per heavy atom. The topological polar surface area (TPSA) is 61.4 Å². The van der Waals surface area contributed by atoms with Gasteiger partial charge in [0, 0.05) is 31.7 Å². The molecule has 0 aliphatic carbocycles.